The minimum atomic E-state index is -0.0505. The maximum absolute atomic E-state index is 13.4. The number of benzene rings is 4. The van der Waals surface area contributed by atoms with Crippen LogP contribution in [0.2, 0.25) is 0 Å². The molecule has 6 heteroatoms. The fraction of sp³-hybridized carbons (Fsp3) is 0.0811. The van der Waals surface area contributed by atoms with Gasteiger partial charge in [-0.3, -0.25) is 9.20 Å². The lowest BCUT2D eigenvalue weighted by Gasteiger charge is -2.11. The smallest absolute Gasteiger partial charge is 0.266 e. The van der Waals surface area contributed by atoms with Gasteiger partial charge in [0, 0.05) is 16.8 Å². The topological polar surface area (TPSA) is 59.1 Å². The van der Waals surface area contributed by atoms with E-state index < -0.39 is 0 Å². The molecule has 1 aliphatic carbocycles. The van der Waals surface area contributed by atoms with Crippen LogP contribution in [0.25, 0.3) is 42.9 Å². The first-order chi connectivity index (χ1) is 21.0. The summed E-state index contributed by atoms with van der Waals surface area (Å²) in [5.41, 5.74) is 7.97. The number of nitrogens with zero attached hydrogens (tertiary/aromatic N) is 4. The molecule has 0 fully saturated rings. The number of aromatic nitrogens is 2. The molecule has 0 spiro atoms. The second-order valence-electron chi connectivity index (χ2n) is 10.5. The molecule has 1 aliphatic rings. The van der Waals surface area contributed by atoms with Gasteiger partial charge in [-0.1, -0.05) is 103 Å². The Kier molecular flexibility index (Phi) is 6.97. The molecule has 0 bridgehead atoms. The van der Waals surface area contributed by atoms with Gasteiger partial charge in [0.25, 0.3) is 5.56 Å². The summed E-state index contributed by atoms with van der Waals surface area (Å²) in [6, 6.07) is 32.0. The first-order valence-electron chi connectivity index (χ1n) is 14.3. The maximum Gasteiger partial charge on any atom is 0.266 e. The summed E-state index contributed by atoms with van der Waals surface area (Å²) < 4.78 is 2.75. The molecule has 43 heavy (non-hydrogen) atoms. The molecular weight excluding hydrogens is 549 g/mol. The summed E-state index contributed by atoms with van der Waals surface area (Å²) in [6.45, 7) is 6.34. The highest BCUT2D eigenvalue weighted by Gasteiger charge is 2.13. The van der Waals surface area contributed by atoms with Crippen molar-refractivity contribution >= 4 is 54.7 Å². The Morgan fingerprint density at radius 1 is 0.860 bits per heavy atom. The van der Waals surface area contributed by atoms with Gasteiger partial charge in [-0.05, 0) is 66.8 Å². The fourth-order valence-electron chi connectivity index (χ4n) is 5.36. The van der Waals surface area contributed by atoms with Gasteiger partial charge in [0.05, 0.1) is 26.8 Å². The Morgan fingerprint density at radius 2 is 1.65 bits per heavy atom. The van der Waals surface area contributed by atoms with Crippen LogP contribution in [0.15, 0.2) is 142 Å². The normalized spacial score (nSPS) is 14.0. The van der Waals surface area contributed by atoms with E-state index >= 15 is 0 Å². The molecular formula is C37H28N4OS. The summed E-state index contributed by atoms with van der Waals surface area (Å²) in [5.74, 6) is 0.649. The van der Waals surface area contributed by atoms with Crippen LogP contribution in [0, 0.1) is 0 Å². The van der Waals surface area contributed by atoms with Crippen molar-refractivity contribution in [1.29, 1.82) is 0 Å². The number of fused-ring (bicyclic) bond motifs is 4. The largest absolute Gasteiger partial charge is 0.268 e. The minimum absolute atomic E-state index is 0.0505. The molecule has 2 heterocycles. The van der Waals surface area contributed by atoms with Crippen molar-refractivity contribution in [3.63, 3.8) is 0 Å². The standard InChI is InChI=1S/C37H28N4OS/c1-24(26-12-5-3-6-13-26)38-35(27-14-7-4-8-15-27)39-25(2)28-16-11-17-29(22-28)30-20-21-31-32(23-30)40-37-41(36(31)42)33-18-9-10-19-34(33)43-37/h3,5-7,9-23H,2,4,8H2,1H3. The molecule has 0 aliphatic heterocycles. The quantitative estimate of drug-likeness (QED) is 0.152. The van der Waals surface area contributed by atoms with Gasteiger partial charge in [0.1, 0.15) is 0 Å². The van der Waals surface area contributed by atoms with Crippen LogP contribution in [0.5, 0.6) is 0 Å². The van der Waals surface area contributed by atoms with Gasteiger partial charge in [0.15, 0.2) is 10.8 Å². The highest BCUT2D eigenvalue weighted by Crippen LogP contribution is 2.29. The predicted octanol–water partition coefficient (Wildman–Crippen LogP) is 8.88. The van der Waals surface area contributed by atoms with Crippen molar-refractivity contribution in [2.45, 2.75) is 19.8 Å². The zero-order valence-electron chi connectivity index (χ0n) is 23.7. The van der Waals surface area contributed by atoms with Gasteiger partial charge >= 0.3 is 0 Å². The third-order valence-electron chi connectivity index (χ3n) is 7.63. The van der Waals surface area contributed by atoms with Gasteiger partial charge in [-0.25, -0.2) is 15.0 Å². The van der Waals surface area contributed by atoms with Crippen molar-refractivity contribution in [2.24, 2.45) is 9.98 Å². The summed E-state index contributed by atoms with van der Waals surface area (Å²) >= 11 is 1.52. The molecule has 5 nitrogen and oxygen atoms in total. The van der Waals surface area contributed by atoms with Crippen LogP contribution in [0.4, 0.5) is 0 Å². The number of thiazole rings is 1. The Balaban J connectivity index is 1.26. The summed E-state index contributed by atoms with van der Waals surface area (Å²) in [6.07, 6.45) is 8.41. The highest BCUT2D eigenvalue weighted by molar-refractivity contribution is 7.23. The van der Waals surface area contributed by atoms with Crippen LogP contribution in [-0.4, -0.2) is 20.9 Å². The highest BCUT2D eigenvalue weighted by atomic mass is 32.1. The third kappa shape index (κ3) is 5.18. The molecule has 0 unspecified atom stereocenters. The van der Waals surface area contributed by atoms with Gasteiger partial charge < -0.3 is 0 Å². The van der Waals surface area contributed by atoms with Crippen LogP contribution >= 0.6 is 11.3 Å². The zero-order chi connectivity index (χ0) is 29.3. The second-order valence-corrected chi connectivity index (χ2v) is 11.5. The number of rotatable bonds is 5. The SMILES string of the molecule is C=C(N=C(N=C(C)c1ccccc1)C1=CCCC=C1)c1cccc(-c2ccc3c(=O)n4c(nc3c2)sc2ccccc24)c1. The van der Waals surface area contributed by atoms with Gasteiger partial charge in [0.2, 0.25) is 0 Å². The van der Waals surface area contributed by atoms with Crippen molar-refractivity contribution in [1.82, 2.24) is 9.38 Å². The van der Waals surface area contributed by atoms with Crippen LogP contribution in [0.3, 0.4) is 0 Å². The molecule has 0 atom stereocenters. The van der Waals surface area contributed by atoms with E-state index in [0.29, 0.717) is 27.4 Å². The monoisotopic (exact) mass is 576 g/mol. The molecule has 6 aromatic rings. The average Bonchev–Trinajstić information content (AvgIpc) is 3.43. The Labute approximate surface area is 253 Å². The Hall–Kier alpha value is -5.20. The molecule has 0 saturated heterocycles. The van der Waals surface area contributed by atoms with E-state index in [4.69, 9.17) is 15.0 Å². The number of para-hydroxylation sites is 1. The number of hydrogen-bond acceptors (Lipinski definition) is 4. The number of amidine groups is 1. The predicted molar refractivity (Wildman–Crippen MR) is 181 cm³/mol. The van der Waals surface area contributed by atoms with Gasteiger partial charge in [-0.15, -0.1) is 0 Å². The molecule has 0 radical (unpaired) electrons. The Bertz CT molecular complexity index is 2230. The van der Waals surface area contributed by atoms with Crippen LogP contribution < -0.4 is 5.56 Å². The van der Waals surface area contributed by atoms with Crippen molar-refractivity contribution < 1.29 is 0 Å². The lowest BCUT2D eigenvalue weighted by molar-refractivity contribution is 1.03. The van der Waals surface area contributed by atoms with E-state index in [-0.39, 0.29) is 5.56 Å². The number of aliphatic imine (C=N–C) groups is 2. The first kappa shape index (κ1) is 26.7. The maximum atomic E-state index is 13.4. The van der Waals surface area contributed by atoms with E-state index in [0.717, 1.165) is 56.6 Å². The molecule has 0 amide bonds. The lowest BCUT2D eigenvalue weighted by Crippen LogP contribution is -2.13. The molecule has 7 rings (SSSR count). The van der Waals surface area contributed by atoms with Gasteiger partial charge in [-0.2, -0.15) is 0 Å². The molecule has 0 N–H and O–H groups in total. The molecule has 0 saturated carbocycles. The van der Waals surface area contributed by atoms with Crippen molar-refractivity contribution in [3.8, 4) is 11.1 Å². The molecule has 4 aromatic carbocycles. The summed E-state index contributed by atoms with van der Waals surface area (Å²) in [4.78, 5) is 28.9. The van der Waals surface area contributed by atoms with Crippen molar-refractivity contribution in [3.05, 3.63) is 149 Å². The lowest BCUT2D eigenvalue weighted by atomic mass is 10.0. The fourth-order valence-corrected chi connectivity index (χ4v) is 6.38. The summed E-state index contributed by atoms with van der Waals surface area (Å²) in [7, 11) is 0. The second kappa shape index (κ2) is 11.2. The molecule has 2 aromatic heterocycles. The van der Waals surface area contributed by atoms with E-state index in [9.17, 15) is 4.79 Å². The molecule has 208 valence electrons. The van der Waals surface area contributed by atoms with E-state index in [2.05, 4.69) is 49.1 Å². The van der Waals surface area contributed by atoms with E-state index in [1.54, 1.807) is 4.40 Å². The average molecular weight is 577 g/mol. The van der Waals surface area contributed by atoms with Crippen molar-refractivity contribution in [2.75, 3.05) is 0 Å². The Morgan fingerprint density at radius 3 is 2.49 bits per heavy atom. The number of hydrogen-bond donors (Lipinski definition) is 0. The van der Waals surface area contributed by atoms with E-state index in [1.807, 2.05) is 79.7 Å². The number of allylic oxidation sites excluding steroid dienone is 2. The van der Waals surface area contributed by atoms with Crippen LogP contribution in [0.1, 0.15) is 30.9 Å². The van der Waals surface area contributed by atoms with E-state index in [1.165, 1.54) is 11.3 Å². The third-order valence-corrected chi connectivity index (χ3v) is 8.66. The first-order valence-corrected chi connectivity index (χ1v) is 15.1. The zero-order valence-corrected chi connectivity index (χ0v) is 24.5. The summed E-state index contributed by atoms with van der Waals surface area (Å²) in [5, 5.41) is 0.597. The minimum Gasteiger partial charge on any atom is -0.268 e. The van der Waals surface area contributed by atoms with Crippen LogP contribution in [-0.2, 0) is 0 Å².